The summed E-state index contributed by atoms with van der Waals surface area (Å²) in [5.74, 6) is -1.95. The number of nitrogens with one attached hydrogen (secondary N) is 1. The van der Waals surface area contributed by atoms with Crippen molar-refractivity contribution in [2.45, 2.75) is 13.3 Å². The van der Waals surface area contributed by atoms with Gasteiger partial charge in [-0.3, -0.25) is 4.72 Å². The van der Waals surface area contributed by atoms with E-state index in [1.54, 1.807) is 31.3 Å². The van der Waals surface area contributed by atoms with Gasteiger partial charge < -0.3 is 4.90 Å². The lowest BCUT2D eigenvalue weighted by Crippen LogP contribution is -2.19. The van der Waals surface area contributed by atoms with Crippen LogP contribution in [-0.2, 0) is 10.0 Å². The van der Waals surface area contributed by atoms with Gasteiger partial charge in [-0.2, -0.15) is 0 Å². The molecular weight excluding hydrogens is 374 g/mol. The zero-order valence-corrected chi connectivity index (χ0v) is 15.6. The van der Waals surface area contributed by atoms with E-state index in [4.69, 9.17) is 0 Å². The van der Waals surface area contributed by atoms with Crippen molar-refractivity contribution >= 4 is 38.0 Å². The molecule has 1 heterocycles. The van der Waals surface area contributed by atoms with E-state index in [1.165, 1.54) is 18.3 Å². The molecule has 0 fully saturated rings. The van der Waals surface area contributed by atoms with Gasteiger partial charge in [-0.15, -0.1) is 0 Å². The molecule has 0 saturated heterocycles. The van der Waals surface area contributed by atoms with Crippen LogP contribution in [0.1, 0.15) is 13.3 Å². The Morgan fingerprint density at radius 3 is 2.70 bits per heavy atom. The number of sulfonamides is 1. The standard InChI is InChI=1S/C18H18F2N4O2S/c1-3-8-27(25,26)23-16-7-5-14(19)18(17(16)20)24(2)13-4-6-15-12(9-13)10-21-11-22-15/h4-7,9-11,23H,3,8H2,1-2H3. The summed E-state index contributed by atoms with van der Waals surface area (Å²) in [6.07, 6.45) is 3.39. The average Bonchev–Trinajstić information content (AvgIpc) is 2.63. The number of rotatable bonds is 6. The fraction of sp³-hybridized carbons (Fsp3) is 0.222. The SMILES string of the molecule is CCCS(=O)(=O)Nc1ccc(F)c(N(C)c2ccc3ncncc3c2)c1F. The number of aromatic nitrogens is 2. The Kier molecular flexibility index (Phi) is 5.22. The highest BCUT2D eigenvalue weighted by Crippen LogP contribution is 2.34. The molecule has 3 aromatic rings. The van der Waals surface area contributed by atoms with Crippen LogP contribution in [0, 0.1) is 11.6 Å². The van der Waals surface area contributed by atoms with E-state index in [9.17, 15) is 17.2 Å². The van der Waals surface area contributed by atoms with E-state index in [0.29, 0.717) is 23.0 Å². The van der Waals surface area contributed by atoms with E-state index < -0.39 is 21.7 Å². The Labute approximate surface area is 155 Å². The van der Waals surface area contributed by atoms with Crippen LogP contribution in [0.15, 0.2) is 42.9 Å². The van der Waals surface area contributed by atoms with Crippen LogP contribution >= 0.6 is 0 Å². The fourth-order valence-corrected chi connectivity index (χ4v) is 3.86. The first-order valence-corrected chi connectivity index (χ1v) is 9.89. The molecule has 0 spiro atoms. The maximum atomic E-state index is 14.9. The first-order chi connectivity index (χ1) is 12.8. The molecule has 1 N–H and O–H groups in total. The summed E-state index contributed by atoms with van der Waals surface area (Å²) in [4.78, 5) is 9.36. The van der Waals surface area contributed by atoms with Gasteiger partial charge in [0.15, 0.2) is 5.82 Å². The van der Waals surface area contributed by atoms with Crippen molar-refractivity contribution in [3.8, 4) is 0 Å². The summed E-state index contributed by atoms with van der Waals surface area (Å²) in [5, 5.41) is 0.711. The van der Waals surface area contributed by atoms with Crippen molar-refractivity contribution in [2.24, 2.45) is 0 Å². The number of halogens is 2. The summed E-state index contributed by atoms with van der Waals surface area (Å²) in [7, 11) is -2.21. The predicted molar refractivity (Wildman–Crippen MR) is 102 cm³/mol. The minimum Gasteiger partial charge on any atom is -0.340 e. The number of hydrogen-bond acceptors (Lipinski definition) is 5. The summed E-state index contributed by atoms with van der Waals surface area (Å²) in [6.45, 7) is 1.70. The molecule has 1 aromatic heterocycles. The largest absolute Gasteiger partial charge is 0.340 e. The van der Waals surface area contributed by atoms with Gasteiger partial charge in [0.1, 0.15) is 17.8 Å². The first kappa shape index (κ1) is 19.0. The van der Waals surface area contributed by atoms with Gasteiger partial charge in [0.25, 0.3) is 0 Å². The molecule has 0 saturated carbocycles. The number of fused-ring (bicyclic) bond motifs is 1. The molecule has 142 valence electrons. The van der Waals surface area contributed by atoms with Gasteiger partial charge in [0, 0.05) is 24.3 Å². The summed E-state index contributed by atoms with van der Waals surface area (Å²) in [5.41, 5.74) is 0.548. The van der Waals surface area contributed by atoms with Crippen LogP contribution in [0.4, 0.5) is 25.8 Å². The monoisotopic (exact) mass is 392 g/mol. The predicted octanol–water partition coefficient (Wildman–Crippen LogP) is 3.83. The second-order valence-electron chi connectivity index (χ2n) is 6.00. The van der Waals surface area contributed by atoms with Gasteiger partial charge in [-0.1, -0.05) is 6.92 Å². The van der Waals surface area contributed by atoms with Gasteiger partial charge in [-0.25, -0.2) is 27.2 Å². The average molecular weight is 392 g/mol. The minimum absolute atomic E-state index is 0.153. The zero-order chi connectivity index (χ0) is 19.6. The van der Waals surface area contributed by atoms with Gasteiger partial charge >= 0.3 is 0 Å². The van der Waals surface area contributed by atoms with Crippen molar-refractivity contribution in [1.82, 2.24) is 9.97 Å². The molecule has 27 heavy (non-hydrogen) atoms. The van der Waals surface area contributed by atoms with E-state index in [0.717, 1.165) is 12.1 Å². The molecule has 9 heteroatoms. The molecule has 0 unspecified atom stereocenters. The smallest absolute Gasteiger partial charge is 0.232 e. The van der Waals surface area contributed by atoms with Crippen LogP contribution in [0.2, 0.25) is 0 Å². The molecule has 6 nitrogen and oxygen atoms in total. The van der Waals surface area contributed by atoms with E-state index >= 15 is 0 Å². The number of anilines is 3. The molecule has 0 radical (unpaired) electrons. The molecule has 0 bridgehead atoms. The topological polar surface area (TPSA) is 75.2 Å². The Hall–Kier alpha value is -2.81. The molecule has 0 amide bonds. The molecule has 2 aromatic carbocycles. The van der Waals surface area contributed by atoms with Crippen LogP contribution in [-0.4, -0.2) is 31.2 Å². The summed E-state index contributed by atoms with van der Waals surface area (Å²) >= 11 is 0. The quantitative estimate of drug-likeness (QED) is 0.690. The summed E-state index contributed by atoms with van der Waals surface area (Å²) < 4.78 is 55.3. The van der Waals surface area contributed by atoms with Gasteiger partial charge in [-0.05, 0) is 36.8 Å². The second-order valence-corrected chi connectivity index (χ2v) is 7.85. The number of hydrogen-bond donors (Lipinski definition) is 1. The van der Waals surface area contributed by atoms with E-state index in [1.807, 2.05) is 0 Å². The second kappa shape index (κ2) is 7.43. The Balaban J connectivity index is 2.02. The van der Waals surface area contributed by atoms with Crippen LogP contribution < -0.4 is 9.62 Å². The third kappa shape index (κ3) is 3.97. The van der Waals surface area contributed by atoms with Crippen molar-refractivity contribution < 1.29 is 17.2 Å². The molecular formula is C18H18F2N4O2S. The summed E-state index contributed by atoms with van der Waals surface area (Å²) in [6, 6.07) is 7.18. The maximum Gasteiger partial charge on any atom is 0.232 e. The lowest BCUT2D eigenvalue weighted by atomic mass is 10.2. The number of benzene rings is 2. The lowest BCUT2D eigenvalue weighted by molar-refractivity contribution is 0.583. The maximum absolute atomic E-state index is 14.9. The molecule has 0 aliphatic rings. The molecule has 3 rings (SSSR count). The van der Waals surface area contributed by atoms with Crippen molar-refractivity contribution in [3.63, 3.8) is 0 Å². The first-order valence-electron chi connectivity index (χ1n) is 8.24. The third-order valence-corrected chi connectivity index (χ3v) is 5.49. The Morgan fingerprint density at radius 1 is 1.19 bits per heavy atom. The van der Waals surface area contributed by atoms with Crippen LogP contribution in [0.5, 0.6) is 0 Å². The Bertz CT molecular complexity index is 1090. The highest BCUT2D eigenvalue weighted by molar-refractivity contribution is 7.92. The van der Waals surface area contributed by atoms with Gasteiger partial charge in [0.05, 0.1) is 17.0 Å². The van der Waals surface area contributed by atoms with Gasteiger partial charge in [0.2, 0.25) is 10.0 Å². The number of nitrogens with zero attached hydrogens (tertiary/aromatic N) is 3. The minimum atomic E-state index is -3.70. The molecule has 0 aliphatic heterocycles. The normalized spacial score (nSPS) is 11.6. The van der Waals surface area contributed by atoms with Crippen LogP contribution in [0.25, 0.3) is 10.9 Å². The van der Waals surface area contributed by atoms with Crippen molar-refractivity contribution in [3.05, 3.63) is 54.5 Å². The van der Waals surface area contributed by atoms with Crippen LogP contribution in [0.3, 0.4) is 0 Å². The highest BCUT2D eigenvalue weighted by Gasteiger charge is 2.21. The Morgan fingerprint density at radius 2 is 1.96 bits per heavy atom. The third-order valence-electron chi connectivity index (χ3n) is 4.02. The zero-order valence-electron chi connectivity index (χ0n) is 14.8. The fourth-order valence-electron chi connectivity index (χ4n) is 2.72. The van der Waals surface area contributed by atoms with Crippen molar-refractivity contribution in [2.75, 3.05) is 22.4 Å². The molecule has 0 aliphatic carbocycles. The molecule has 0 atom stereocenters. The van der Waals surface area contributed by atoms with Crippen molar-refractivity contribution in [1.29, 1.82) is 0 Å². The van der Waals surface area contributed by atoms with E-state index in [-0.39, 0.29) is 17.1 Å². The lowest BCUT2D eigenvalue weighted by Gasteiger charge is -2.22. The highest BCUT2D eigenvalue weighted by atomic mass is 32.2. The van der Waals surface area contributed by atoms with E-state index in [2.05, 4.69) is 14.7 Å².